The van der Waals surface area contributed by atoms with E-state index in [0.29, 0.717) is 28.3 Å². The van der Waals surface area contributed by atoms with Crippen LogP contribution in [0, 0.1) is 5.82 Å². The molecule has 1 atom stereocenters. The van der Waals surface area contributed by atoms with Gasteiger partial charge in [-0.05, 0) is 42.1 Å². The van der Waals surface area contributed by atoms with Crippen molar-refractivity contribution in [1.29, 1.82) is 0 Å². The van der Waals surface area contributed by atoms with Gasteiger partial charge < -0.3 is 10.3 Å². The monoisotopic (exact) mass is 459 g/mol. The third-order valence-electron chi connectivity index (χ3n) is 4.42. The number of nitrogens with zero attached hydrogens (tertiary/aromatic N) is 1. The molecule has 154 valence electrons. The van der Waals surface area contributed by atoms with Crippen LogP contribution in [0.25, 0.3) is 20.7 Å². The van der Waals surface area contributed by atoms with Gasteiger partial charge in [0.2, 0.25) is 5.91 Å². The molecule has 1 unspecified atom stereocenters. The maximum Gasteiger partial charge on any atom is 0.268 e. The number of aromatic amines is 1. The van der Waals surface area contributed by atoms with Crippen molar-refractivity contribution in [3.05, 3.63) is 74.7 Å². The van der Waals surface area contributed by atoms with E-state index in [1.54, 1.807) is 23.5 Å². The zero-order valence-electron chi connectivity index (χ0n) is 16.0. The number of carbonyl (C=O) groups excluding carboxylic acids is 1. The van der Waals surface area contributed by atoms with Crippen LogP contribution >= 0.6 is 34.4 Å². The van der Waals surface area contributed by atoms with E-state index in [1.165, 1.54) is 35.2 Å². The highest BCUT2D eigenvalue weighted by Crippen LogP contribution is 2.31. The Balaban J connectivity index is 1.43. The Morgan fingerprint density at radius 2 is 2.10 bits per heavy atom. The number of hydrogen-bond donors (Lipinski definition) is 2. The molecule has 1 amide bonds. The Labute approximate surface area is 184 Å². The van der Waals surface area contributed by atoms with E-state index in [2.05, 4.69) is 15.3 Å². The van der Waals surface area contributed by atoms with Gasteiger partial charge >= 0.3 is 0 Å². The summed E-state index contributed by atoms with van der Waals surface area (Å²) in [7, 11) is 0. The minimum absolute atomic E-state index is 0.0500. The molecule has 5 nitrogen and oxygen atoms in total. The summed E-state index contributed by atoms with van der Waals surface area (Å²) in [6, 6.07) is 11.9. The Bertz CT molecular complexity index is 1220. The van der Waals surface area contributed by atoms with Crippen LogP contribution < -0.4 is 10.9 Å². The molecule has 4 aromatic rings. The minimum atomic E-state index is -0.302. The van der Waals surface area contributed by atoms with Gasteiger partial charge in [-0.2, -0.15) is 0 Å². The molecule has 0 fully saturated rings. The number of thiophene rings is 2. The van der Waals surface area contributed by atoms with E-state index in [1.807, 2.05) is 30.5 Å². The van der Waals surface area contributed by atoms with Crippen LogP contribution in [0.1, 0.15) is 17.6 Å². The number of fused-ring (bicyclic) bond motifs is 1. The normalized spacial score (nSPS) is 12.2. The number of nitrogens with one attached hydrogen (secondary N) is 2. The first-order valence-electron chi connectivity index (χ1n) is 9.20. The molecule has 0 radical (unpaired) electrons. The van der Waals surface area contributed by atoms with Crippen LogP contribution in [0.3, 0.4) is 0 Å². The molecule has 0 saturated heterocycles. The molecule has 30 heavy (non-hydrogen) atoms. The molecule has 4 rings (SSSR count). The van der Waals surface area contributed by atoms with Crippen LogP contribution in [0.4, 0.5) is 4.39 Å². The van der Waals surface area contributed by atoms with Gasteiger partial charge in [0, 0.05) is 9.75 Å². The van der Waals surface area contributed by atoms with Crippen molar-refractivity contribution in [2.75, 3.05) is 0 Å². The Kier molecular flexibility index (Phi) is 6.31. The molecule has 0 saturated carbocycles. The molecule has 0 spiro atoms. The average Bonchev–Trinajstić information content (AvgIpc) is 3.41. The second kappa shape index (κ2) is 9.11. The molecule has 3 heterocycles. The summed E-state index contributed by atoms with van der Waals surface area (Å²) < 4.78 is 13.7. The van der Waals surface area contributed by atoms with Gasteiger partial charge in [0.05, 0.1) is 23.1 Å². The molecule has 0 aliphatic carbocycles. The molecule has 1 aromatic carbocycles. The van der Waals surface area contributed by atoms with Gasteiger partial charge in [-0.1, -0.05) is 18.2 Å². The maximum absolute atomic E-state index is 13.2. The fourth-order valence-electron chi connectivity index (χ4n) is 2.82. The van der Waals surface area contributed by atoms with E-state index in [0.717, 1.165) is 15.3 Å². The van der Waals surface area contributed by atoms with Crippen LogP contribution in [-0.4, -0.2) is 21.1 Å². The van der Waals surface area contributed by atoms with E-state index < -0.39 is 0 Å². The lowest BCUT2D eigenvalue weighted by Gasteiger charge is -2.11. The summed E-state index contributed by atoms with van der Waals surface area (Å²) in [6.45, 7) is 2.35. The molecule has 2 N–H and O–H groups in total. The van der Waals surface area contributed by atoms with Crippen LogP contribution in [-0.2, 0) is 17.1 Å². The second-order valence-electron chi connectivity index (χ2n) is 6.59. The third kappa shape index (κ3) is 4.80. The van der Waals surface area contributed by atoms with Crippen molar-refractivity contribution < 1.29 is 9.18 Å². The standard InChI is InChI=1S/C21H18FN3O2S3/c1-12(20(26)23-10-15-3-2-8-28-15)29-11-18-24-16-9-17(30-19(16)21(27)25-18)13-4-6-14(22)7-5-13/h2-9,12H,10-11H2,1H3,(H,23,26)(H,24,25,27). The zero-order chi connectivity index (χ0) is 21.1. The molecule has 0 aliphatic heterocycles. The number of thioether (sulfide) groups is 1. The van der Waals surface area contributed by atoms with Crippen molar-refractivity contribution in [3.63, 3.8) is 0 Å². The molecule has 3 aromatic heterocycles. The van der Waals surface area contributed by atoms with Gasteiger partial charge in [0.1, 0.15) is 16.3 Å². The lowest BCUT2D eigenvalue weighted by Crippen LogP contribution is -2.30. The van der Waals surface area contributed by atoms with Crippen molar-refractivity contribution in [2.45, 2.75) is 24.5 Å². The fraction of sp³-hybridized carbons (Fsp3) is 0.190. The van der Waals surface area contributed by atoms with Gasteiger partial charge in [-0.25, -0.2) is 9.37 Å². The summed E-state index contributed by atoms with van der Waals surface area (Å²) in [5, 5.41) is 4.62. The highest BCUT2D eigenvalue weighted by Gasteiger charge is 2.15. The smallest absolute Gasteiger partial charge is 0.268 e. The predicted molar refractivity (Wildman–Crippen MR) is 123 cm³/mol. The number of aromatic nitrogens is 2. The Morgan fingerprint density at radius 1 is 1.30 bits per heavy atom. The largest absolute Gasteiger partial charge is 0.350 e. The van der Waals surface area contributed by atoms with Crippen LogP contribution in [0.5, 0.6) is 0 Å². The van der Waals surface area contributed by atoms with Gasteiger partial charge in [0.15, 0.2) is 0 Å². The Hall–Kier alpha value is -2.49. The first-order chi connectivity index (χ1) is 14.5. The van der Waals surface area contributed by atoms with Crippen molar-refractivity contribution >= 4 is 50.6 Å². The average molecular weight is 460 g/mol. The first-order valence-corrected chi connectivity index (χ1v) is 11.9. The second-order valence-corrected chi connectivity index (χ2v) is 10.0. The summed E-state index contributed by atoms with van der Waals surface area (Å²) in [5.74, 6) is 0.592. The predicted octanol–water partition coefficient (Wildman–Crippen LogP) is 4.79. The first kappa shape index (κ1) is 20.8. The van der Waals surface area contributed by atoms with Gasteiger partial charge in [-0.15, -0.1) is 34.4 Å². The lowest BCUT2D eigenvalue weighted by atomic mass is 10.2. The number of halogens is 1. The highest BCUT2D eigenvalue weighted by atomic mass is 32.2. The highest BCUT2D eigenvalue weighted by molar-refractivity contribution is 7.99. The lowest BCUT2D eigenvalue weighted by molar-refractivity contribution is -0.120. The number of amides is 1. The molecule has 0 aliphatic rings. The van der Waals surface area contributed by atoms with Crippen molar-refractivity contribution in [1.82, 2.24) is 15.3 Å². The maximum atomic E-state index is 13.2. The molecular weight excluding hydrogens is 441 g/mol. The van der Waals surface area contributed by atoms with Crippen LogP contribution in [0.15, 0.2) is 52.6 Å². The number of hydrogen-bond acceptors (Lipinski definition) is 6. The van der Waals surface area contributed by atoms with Crippen molar-refractivity contribution in [3.8, 4) is 10.4 Å². The third-order valence-corrected chi connectivity index (χ3v) is 7.62. The molecule has 9 heteroatoms. The summed E-state index contributed by atoms with van der Waals surface area (Å²) in [6.07, 6.45) is 0. The van der Waals surface area contributed by atoms with Crippen molar-refractivity contribution in [2.24, 2.45) is 0 Å². The number of carbonyl (C=O) groups is 1. The fourth-order valence-corrected chi connectivity index (χ4v) is 5.24. The SMILES string of the molecule is CC(SCc1nc2cc(-c3ccc(F)cc3)sc2c(=O)[nH]1)C(=O)NCc1cccs1. The van der Waals surface area contributed by atoms with Crippen LogP contribution in [0.2, 0.25) is 0 Å². The number of benzene rings is 1. The quantitative estimate of drug-likeness (QED) is 0.417. The minimum Gasteiger partial charge on any atom is -0.350 e. The summed E-state index contributed by atoms with van der Waals surface area (Å²) in [5.41, 5.74) is 1.24. The van der Waals surface area contributed by atoms with E-state index in [4.69, 9.17) is 0 Å². The summed E-state index contributed by atoms with van der Waals surface area (Å²) >= 11 is 4.35. The number of H-pyrrole nitrogens is 1. The van der Waals surface area contributed by atoms with E-state index in [9.17, 15) is 14.0 Å². The van der Waals surface area contributed by atoms with Gasteiger partial charge in [-0.3, -0.25) is 9.59 Å². The van der Waals surface area contributed by atoms with E-state index >= 15 is 0 Å². The molecule has 0 bridgehead atoms. The topological polar surface area (TPSA) is 74.8 Å². The number of rotatable bonds is 7. The molecular formula is C21H18FN3O2S3. The summed E-state index contributed by atoms with van der Waals surface area (Å²) in [4.78, 5) is 34.1. The van der Waals surface area contributed by atoms with Gasteiger partial charge in [0.25, 0.3) is 5.56 Å². The Morgan fingerprint density at radius 3 is 2.83 bits per heavy atom. The van der Waals surface area contributed by atoms with E-state index in [-0.39, 0.29) is 22.5 Å². The zero-order valence-corrected chi connectivity index (χ0v) is 18.4.